The number of carbonyl (C=O) groups is 3. The van der Waals surface area contributed by atoms with Gasteiger partial charge in [0.15, 0.2) is 5.78 Å². The molecule has 1 aromatic heterocycles. The van der Waals surface area contributed by atoms with E-state index in [1.807, 2.05) is 32.9 Å². The Morgan fingerprint density at radius 1 is 1.14 bits per heavy atom. The Hall–Kier alpha value is -3.43. The number of unbranched alkanes of at least 4 members (excludes halogenated alkanes) is 2. The number of nitrogens with zero attached hydrogens (tertiary/aromatic N) is 3. The Balaban J connectivity index is 1.22. The monoisotopic (exact) mass is 596 g/mol. The van der Waals surface area contributed by atoms with Crippen molar-refractivity contribution in [1.29, 1.82) is 0 Å². The second-order valence-corrected chi connectivity index (χ2v) is 12.6. The van der Waals surface area contributed by atoms with Crippen molar-refractivity contribution < 1.29 is 29.0 Å². The molecule has 2 aromatic rings. The van der Waals surface area contributed by atoms with E-state index in [0.717, 1.165) is 63.3 Å². The zero-order valence-electron chi connectivity index (χ0n) is 26.4. The zero-order valence-corrected chi connectivity index (χ0v) is 26.4. The van der Waals surface area contributed by atoms with Crippen molar-refractivity contribution in [3.8, 4) is 11.6 Å². The Kier molecular flexibility index (Phi) is 10.8. The number of aromatic hydroxyl groups is 1. The molecule has 1 aliphatic heterocycles. The highest BCUT2D eigenvalue weighted by Crippen LogP contribution is 2.41. The summed E-state index contributed by atoms with van der Waals surface area (Å²) in [7, 11) is 1.59. The Morgan fingerprint density at radius 2 is 1.93 bits per heavy atom. The van der Waals surface area contributed by atoms with Crippen molar-refractivity contribution in [2.75, 3.05) is 20.2 Å². The van der Waals surface area contributed by atoms with Gasteiger partial charge in [0.25, 0.3) is 0 Å². The molecule has 4 atom stereocenters. The van der Waals surface area contributed by atoms with Crippen molar-refractivity contribution >= 4 is 28.8 Å². The number of rotatable bonds is 13. The van der Waals surface area contributed by atoms with Gasteiger partial charge in [-0.15, -0.1) is 0 Å². The number of ketones is 1. The quantitative estimate of drug-likeness (QED) is 0.287. The van der Waals surface area contributed by atoms with E-state index in [1.165, 1.54) is 0 Å². The average Bonchev–Trinajstić information content (AvgIpc) is 3.58. The van der Waals surface area contributed by atoms with Crippen LogP contribution in [0, 0.1) is 17.8 Å². The summed E-state index contributed by atoms with van der Waals surface area (Å²) in [6.07, 6.45) is 8.22. The number of ether oxygens (including phenoxy) is 2. The SMILES string of the molecule is CC[C@@H]1CCN(C(=O)CNC(=O)OC2(C)CCC[C@H]2CCCCCc2nc3ccc(OC)cc3nc2O)C1C(=O)C(C)C. The topological polar surface area (TPSA) is 131 Å². The maximum Gasteiger partial charge on any atom is 0.408 e. The van der Waals surface area contributed by atoms with E-state index in [0.29, 0.717) is 29.9 Å². The first-order valence-corrected chi connectivity index (χ1v) is 15.9. The summed E-state index contributed by atoms with van der Waals surface area (Å²) in [6.45, 7) is 8.15. The first kappa shape index (κ1) is 32.5. The van der Waals surface area contributed by atoms with Gasteiger partial charge in [-0.05, 0) is 75.8 Å². The summed E-state index contributed by atoms with van der Waals surface area (Å²) in [5.41, 5.74) is 1.34. The van der Waals surface area contributed by atoms with Crippen LogP contribution in [0.5, 0.6) is 11.6 Å². The number of hydrogen-bond acceptors (Lipinski definition) is 8. The van der Waals surface area contributed by atoms with Crippen LogP contribution in [0.1, 0.15) is 91.2 Å². The van der Waals surface area contributed by atoms with Gasteiger partial charge < -0.3 is 24.8 Å². The lowest BCUT2D eigenvalue weighted by Crippen LogP contribution is -2.49. The van der Waals surface area contributed by atoms with E-state index in [9.17, 15) is 19.5 Å². The molecule has 1 saturated carbocycles. The minimum Gasteiger partial charge on any atom is -0.497 e. The lowest BCUT2D eigenvalue weighted by Gasteiger charge is -2.32. The molecule has 2 unspecified atom stereocenters. The van der Waals surface area contributed by atoms with Crippen LogP contribution in [-0.4, -0.2) is 69.6 Å². The Morgan fingerprint density at radius 3 is 2.65 bits per heavy atom. The molecule has 2 heterocycles. The number of likely N-dealkylation sites (tertiary alicyclic amines) is 1. The van der Waals surface area contributed by atoms with Gasteiger partial charge in [-0.3, -0.25) is 9.59 Å². The molecule has 1 saturated heterocycles. The number of Topliss-reactive ketones (excluding diaryl/α,β-unsaturated/α-hetero) is 1. The highest BCUT2D eigenvalue weighted by Gasteiger charge is 2.43. The molecule has 4 rings (SSSR count). The summed E-state index contributed by atoms with van der Waals surface area (Å²) in [6, 6.07) is 5.02. The highest BCUT2D eigenvalue weighted by atomic mass is 16.6. The predicted molar refractivity (Wildman–Crippen MR) is 164 cm³/mol. The van der Waals surface area contributed by atoms with Crippen LogP contribution in [0.3, 0.4) is 0 Å². The molecule has 1 aliphatic carbocycles. The molecule has 0 radical (unpaired) electrons. The van der Waals surface area contributed by atoms with E-state index in [4.69, 9.17) is 9.47 Å². The van der Waals surface area contributed by atoms with Gasteiger partial charge in [0.2, 0.25) is 11.8 Å². The molecule has 0 bridgehead atoms. The van der Waals surface area contributed by atoms with Crippen LogP contribution in [-0.2, 0) is 20.7 Å². The summed E-state index contributed by atoms with van der Waals surface area (Å²) in [4.78, 5) is 49.2. The van der Waals surface area contributed by atoms with Crippen molar-refractivity contribution in [2.24, 2.45) is 17.8 Å². The molecule has 43 heavy (non-hydrogen) atoms. The first-order chi connectivity index (χ1) is 20.6. The normalized spacial score (nSPS) is 23.6. The molecular weight excluding hydrogens is 548 g/mol. The summed E-state index contributed by atoms with van der Waals surface area (Å²) >= 11 is 0. The van der Waals surface area contributed by atoms with Gasteiger partial charge in [0.05, 0.1) is 24.2 Å². The smallest absolute Gasteiger partial charge is 0.408 e. The number of fused-ring (bicyclic) bond motifs is 1. The van der Waals surface area contributed by atoms with E-state index in [-0.39, 0.29) is 41.9 Å². The number of amides is 2. The first-order valence-electron chi connectivity index (χ1n) is 15.9. The number of aromatic nitrogens is 2. The summed E-state index contributed by atoms with van der Waals surface area (Å²) in [5, 5.41) is 13.0. The third kappa shape index (κ3) is 7.75. The Bertz CT molecular complexity index is 1300. The second-order valence-electron chi connectivity index (χ2n) is 12.6. The van der Waals surface area contributed by atoms with Crippen LogP contribution in [0.4, 0.5) is 4.79 Å². The van der Waals surface area contributed by atoms with Gasteiger partial charge in [-0.2, -0.15) is 0 Å². The van der Waals surface area contributed by atoms with Gasteiger partial charge in [0, 0.05) is 18.5 Å². The van der Waals surface area contributed by atoms with Gasteiger partial charge in [-0.1, -0.05) is 40.0 Å². The van der Waals surface area contributed by atoms with Crippen LogP contribution in [0.2, 0.25) is 0 Å². The van der Waals surface area contributed by atoms with E-state index >= 15 is 0 Å². The van der Waals surface area contributed by atoms with Crippen LogP contribution in [0.25, 0.3) is 11.0 Å². The summed E-state index contributed by atoms with van der Waals surface area (Å²) < 4.78 is 11.2. The predicted octanol–water partition coefficient (Wildman–Crippen LogP) is 5.58. The van der Waals surface area contributed by atoms with Gasteiger partial charge in [0.1, 0.15) is 23.6 Å². The van der Waals surface area contributed by atoms with E-state index in [1.54, 1.807) is 18.1 Å². The van der Waals surface area contributed by atoms with E-state index in [2.05, 4.69) is 22.2 Å². The molecule has 2 N–H and O–H groups in total. The van der Waals surface area contributed by atoms with Gasteiger partial charge >= 0.3 is 6.09 Å². The molecule has 10 heteroatoms. The fraction of sp³-hybridized carbons (Fsp3) is 0.667. The van der Waals surface area contributed by atoms with Crippen molar-refractivity contribution in [2.45, 2.75) is 104 Å². The minimum atomic E-state index is -0.580. The number of carbonyl (C=O) groups excluding carboxylic acids is 3. The van der Waals surface area contributed by atoms with Crippen molar-refractivity contribution in [3.05, 3.63) is 23.9 Å². The Labute approximate surface area is 254 Å². The number of methoxy groups -OCH3 is 1. The molecule has 10 nitrogen and oxygen atoms in total. The highest BCUT2D eigenvalue weighted by molar-refractivity contribution is 5.92. The fourth-order valence-electron chi connectivity index (χ4n) is 6.80. The maximum absolute atomic E-state index is 13.0. The molecule has 236 valence electrons. The summed E-state index contributed by atoms with van der Waals surface area (Å²) in [5.74, 6) is 0.747. The number of aryl methyl sites for hydroxylation is 1. The number of alkyl carbamates (subject to hydrolysis) is 1. The lowest BCUT2D eigenvalue weighted by atomic mass is 9.87. The molecule has 1 aromatic carbocycles. The number of hydrogen-bond donors (Lipinski definition) is 2. The van der Waals surface area contributed by atoms with Crippen LogP contribution >= 0.6 is 0 Å². The van der Waals surface area contributed by atoms with Crippen molar-refractivity contribution in [1.82, 2.24) is 20.2 Å². The maximum atomic E-state index is 13.0. The number of benzene rings is 1. The third-order valence-electron chi connectivity index (χ3n) is 9.42. The minimum absolute atomic E-state index is 0.0426. The molecular formula is C33H48N4O6. The third-order valence-corrected chi connectivity index (χ3v) is 9.42. The second kappa shape index (κ2) is 14.4. The van der Waals surface area contributed by atoms with Crippen molar-refractivity contribution in [3.63, 3.8) is 0 Å². The molecule has 2 aliphatic rings. The molecule has 0 spiro atoms. The molecule has 2 fully saturated rings. The van der Waals surface area contributed by atoms with Gasteiger partial charge in [-0.25, -0.2) is 14.8 Å². The largest absolute Gasteiger partial charge is 0.497 e. The number of nitrogens with one attached hydrogen (secondary N) is 1. The fourth-order valence-corrected chi connectivity index (χ4v) is 6.80. The zero-order chi connectivity index (χ0) is 31.1. The van der Waals surface area contributed by atoms with Crippen LogP contribution in [0.15, 0.2) is 18.2 Å². The van der Waals surface area contributed by atoms with E-state index < -0.39 is 17.7 Å². The molecule has 2 amide bonds. The standard InChI is InChI=1S/C33H48N4O6/c1-6-22-16-18-37(29(22)30(39)21(2)3)28(38)20-34-32(41)43-33(4)17-10-12-23(33)11-8-7-9-13-26-31(40)36-27-19-24(42-5)14-15-25(27)35-26/h14-15,19,21-23,29H,6-13,16-18,20H2,1-5H3,(H,34,41)(H,36,40)/t22-,23-,29?,33?/m1/s1. The lowest BCUT2D eigenvalue weighted by molar-refractivity contribution is -0.139. The van der Waals surface area contributed by atoms with Crippen LogP contribution < -0.4 is 10.1 Å². The average molecular weight is 597 g/mol.